The van der Waals surface area contributed by atoms with Crippen LogP contribution < -0.4 is 5.73 Å². The van der Waals surface area contributed by atoms with Crippen LogP contribution in [-0.4, -0.2) is 50.5 Å². The van der Waals surface area contributed by atoms with Crippen molar-refractivity contribution in [1.82, 2.24) is 14.9 Å². The van der Waals surface area contributed by atoms with Crippen molar-refractivity contribution in [3.8, 4) is 10.4 Å². The van der Waals surface area contributed by atoms with Crippen LogP contribution in [0.25, 0.3) is 21.3 Å². The molecular formula is C26H24F2N4O3S. The Balaban J connectivity index is 0.000000174. The van der Waals surface area contributed by atoms with Crippen LogP contribution in [0.3, 0.4) is 0 Å². The molecule has 1 saturated carbocycles. The summed E-state index contributed by atoms with van der Waals surface area (Å²) in [7, 11) is 0. The number of aromatic carboxylic acids is 1. The predicted octanol–water partition coefficient (Wildman–Crippen LogP) is 4.82. The maximum atomic E-state index is 13.6. The fourth-order valence-corrected chi connectivity index (χ4v) is 5.73. The van der Waals surface area contributed by atoms with Gasteiger partial charge in [0.2, 0.25) is 0 Å². The highest BCUT2D eigenvalue weighted by Crippen LogP contribution is 2.48. The summed E-state index contributed by atoms with van der Waals surface area (Å²) in [5.74, 6) is -1.19. The number of fused-ring (bicyclic) bond motifs is 2. The number of thiazole rings is 1. The Labute approximate surface area is 209 Å². The second-order valence-corrected chi connectivity index (χ2v) is 10.2. The Bertz CT molecular complexity index is 1470. The number of nitrogens with two attached hydrogens (primary N) is 1. The summed E-state index contributed by atoms with van der Waals surface area (Å²) in [6.45, 7) is 2.35. The summed E-state index contributed by atoms with van der Waals surface area (Å²) in [5.41, 5.74) is 7.67. The van der Waals surface area contributed by atoms with Crippen LogP contribution in [0.1, 0.15) is 38.8 Å². The second kappa shape index (κ2) is 9.44. The molecule has 4 N–H and O–H groups in total. The molecule has 186 valence electrons. The third-order valence-corrected chi connectivity index (χ3v) is 7.57. The lowest BCUT2D eigenvalue weighted by molar-refractivity contribution is 0.0686. The maximum absolute atomic E-state index is 13.6. The van der Waals surface area contributed by atoms with Crippen molar-refractivity contribution < 1.29 is 23.5 Å². The first-order valence-electron chi connectivity index (χ1n) is 11.5. The number of halogens is 2. The van der Waals surface area contributed by atoms with Gasteiger partial charge in [0.05, 0.1) is 9.88 Å². The summed E-state index contributed by atoms with van der Waals surface area (Å²) in [6, 6.07) is 12.2. The molecule has 1 aliphatic heterocycles. The minimum absolute atomic E-state index is 0.0611. The lowest BCUT2D eigenvalue weighted by Gasteiger charge is -2.26. The molecule has 1 amide bonds. The number of carbonyl (C=O) groups is 2. The quantitative estimate of drug-likeness (QED) is 0.364. The number of aromatic nitrogens is 2. The summed E-state index contributed by atoms with van der Waals surface area (Å²) < 4.78 is 26.2. The lowest BCUT2D eigenvalue weighted by Crippen LogP contribution is -2.42. The zero-order valence-electron chi connectivity index (χ0n) is 19.4. The second-order valence-electron chi connectivity index (χ2n) is 9.04. The van der Waals surface area contributed by atoms with E-state index in [1.54, 1.807) is 6.07 Å². The standard InChI is InChI=1S/C17H18FN3OS.C9H6FNO2/c1-9-20-15(16(23-9)10-3-2-4-12(18)5-10)17(22)21-13(8-19)6-11-7-14(11)21;10-6-1-2-7-5(3-6)4-8(11-7)9(12)13/h2-5,11,13-14H,6-8,19H2,1H3;1-4,11H,(H,12,13)/t11-,13+,14+;/m1./s1. The molecule has 1 aliphatic carbocycles. The number of nitrogens with one attached hydrogen (secondary N) is 1. The van der Waals surface area contributed by atoms with Crippen LogP contribution in [0.5, 0.6) is 0 Å². The molecule has 0 radical (unpaired) electrons. The highest BCUT2D eigenvalue weighted by atomic mass is 32.1. The predicted molar refractivity (Wildman–Crippen MR) is 133 cm³/mol. The largest absolute Gasteiger partial charge is 0.477 e. The number of piperidine rings is 1. The topological polar surface area (TPSA) is 112 Å². The van der Waals surface area contributed by atoms with E-state index in [0.717, 1.165) is 22.7 Å². The first-order chi connectivity index (χ1) is 17.2. The molecule has 0 bridgehead atoms. The van der Waals surface area contributed by atoms with Crippen molar-refractivity contribution in [2.45, 2.75) is 31.8 Å². The molecule has 36 heavy (non-hydrogen) atoms. The fourth-order valence-electron chi connectivity index (χ4n) is 4.82. The van der Waals surface area contributed by atoms with Gasteiger partial charge in [0, 0.05) is 29.5 Å². The van der Waals surface area contributed by atoms with Gasteiger partial charge in [0.15, 0.2) is 0 Å². The number of hydrogen-bond donors (Lipinski definition) is 3. The monoisotopic (exact) mass is 510 g/mol. The Kier molecular flexibility index (Phi) is 6.31. The third-order valence-electron chi connectivity index (χ3n) is 6.55. The number of likely N-dealkylation sites (tertiary alicyclic amines) is 1. The van der Waals surface area contributed by atoms with Crippen LogP contribution >= 0.6 is 11.3 Å². The number of carboxylic acid groups (broad SMARTS) is 1. The molecule has 2 aromatic carbocycles. The van der Waals surface area contributed by atoms with E-state index in [-0.39, 0.29) is 29.3 Å². The molecular weight excluding hydrogens is 486 g/mol. The van der Waals surface area contributed by atoms with Crippen molar-refractivity contribution in [3.05, 3.63) is 76.6 Å². The maximum Gasteiger partial charge on any atom is 0.352 e. The Morgan fingerprint density at radius 2 is 1.94 bits per heavy atom. The van der Waals surface area contributed by atoms with Gasteiger partial charge in [0.25, 0.3) is 5.91 Å². The minimum atomic E-state index is -1.04. The molecule has 3 heterocycles. The number of hydrogen-bond acceptors (Lipinski definition) is 5. The molecule has 2 aliphatic rings. The van der Waals surface area contributed by atoms with E-state index in [1.807, 2.05) is 17.9 Å². The van der Waals surface area contributed by atoms with E-state index in [4.69, 9.17) is 10.8 Å². The Hall–Kier alpha value is -3.63. The summed E-state index contributed by atoms with van der Waals surface area (Å²) in [4.78, 5) is 33.4. The van der Waals surface area contributed by atoms with Gasteiger partial charge in [-0.3, -0.25) is 4.79 Å². The molecule has 0 unspecified atom stereocenters. The fraction of sp³-hybridized carbons (Fsp3) is 0.269. The highest BCUT2D eigenvalue weighted by molar-refractivity contribution is 7.15. The number of aryl methyl sites for hydroxylation is 1. The molecule has 0 spiro atoms. The van der Waals surface area contributed by atoms with Gasteiger partial charge >= 0.3 is 5.97 Å². The van der Waals surface area contributed by atoms with Gasteiger partial charge in [-0.05, 0) is 67.6 Å². The number of benzene rings is 2. The van der Waals surface area contributed by atoms with Gasteiger partial charge in [-0.2, -0.15) is 0 Å². The first kappa shape index (κ1) is 24.1. The number of amides is 1. The lowest BCUT2D eigenvalue weighted by atomic mass is 10.1. The van der Waals surface area contributed by atoms with Crippen LogP contribution in [0.2, 0.25) is 0 Å². The third kappa shape index (κ3) is 4.61. The Morgan fingerprint density at radius 1 is 1.17 bits per heavy atom. The molecule has 4 aromatic rings. The van der Waals surface area contributed by atoms with Crippen molar-refractivity contribution in [2.75, 3.05) is 6.54 Å². The summed E-state index contributed by atoms with van der Waals surface area (Å²) >= 11 is 1.43. The van der Waals surface area contributed by atoms with Crippen LogP contribution in [0.15, 0.2) is 48.5 Å². The van der Waals surface area contributed by atoms with E-state index in [9.17, 15) is 18.4 Å². The molecule has 6 rings (SSSR count). The number of nitrogens with zero attached hydrogens (tertiary/aromatic N) is 2. The summed E-state index contributed by atoms with van der Waals surface area (Å²) in [6.07, 6.45) is 2.06. The van der Waals surface area contributed by atoms with E-state index >= 15 is 0 Å². The molecule has 3 atom stereocenters. The van der Waals surface area contributed by atoms with Crippen molar-refractivity contribution in [2.24, 2.45) is 11.7 Å². The molecule has 2 fully saturated rings. The number of H-pyrrole nitrogens is 1. The normalized spacial score (nSPS) is 20.1. The smallest absolute Gasteiger partial charge is 0.352 e. The van der Waals surface area contributed by atoms with Gasteiger partial charge in [-0.15, -0.1) is 11.3 Å². The van der Waals surface area contributed by atoms with Crippen molar-refractivity contribution in [1.29, 1.82) is 0 Å². The molecule has 7 nitrogen and oxygen atoms in total. The van der Waals surface area contributed by atoms with E-state index < -0.39 is 5.97 Å². The van der Waals surface area contributed by atoms with Gasteiger partial charge in [-0.1, -0.05) is 12.1 Å². The average Bonchev–Trinajstić information content (AvgIpc) is 3.18. The number of carbonyl (C=O) groups excluding carboxylic acids is 1. The molecule has 1 saturated heterocycles. The molecule has 10 heteroatoms. The zero-order valence-corrected chi connectivity index (χ0v) is 20.2. The summed E-state index contributed by atoms with van der Waals surface area (Å²) in [5, 5.41) is 10.0. The van der Waals surface area contributed by atoms with Crippen molar-refractivity contribution in [3.63, 3.8) is 0 Å². The van der Waals surface area contributed by atoms with Gasteiger partial charge in [-0.25, -0.2) is 18.6 Å². The SMILES string of the molecule is Cc1nc(C(=O)N2[C@H](CN)C[C@@H]3C[C@@H]32)c(-c2cccc(F)c2)s1.O=C(O)c1cc2cc(F)ccc2[nH]1. The number of rotatable bonds is 4. The van der Waals surface area contributed by atoms with Crippen molar-refractivity contribution >= 4 is 34.1 Å². The van der Waals surface area contributed by atoms with E-state index in [0.29, 0.717) is 40.7 Å². The zero-order chi connectivity index (χ0) is 25.6. The van der Waals surface area contributed by atoms with Gasteiger partial charge < -0.3 is 20.7 Å². The minimum Gasteiger partial charge on any atom is -0.477 e. The average molecular weight is 511 g/mol. The highest BCUT2D eigenvalue weighted by Gasteiger charge is 2.54. The Morgan fingerprint density at radius 3 is 2.67 bits per heavy atom. The number of carboxylic acids is 1. The van der Waals surface area contributed by atoms with Gasteiger partial charge in [0.1, 0.15) is 23.0 Å². The first-order valence-corrected chi connectivity index (χ1v) is 12.3. The van der Waals surface area contributed by atoms with E-state index in [1.165, 1.54) is 47.7 Å². The molecule has 2 aromatic heterocycles. The van der Waals surface area contributed by atoms with Crippen LogP contribution in [-0.2, 0) is 0 Å². The number of aromatic amines is 1. The van der Waals surface area contributed by atoms with Crippen LogP contribution in [0, 0.1) is 24.5 Å². The van der Waals surface area contributed by atoms with E-state index in [2.05, 4.69) is 9.97 Å². The van der Waals surface area contributed by atoms with Crippen LogP contribution in [0.4, 0.5) is 8.78 Å².